The molecule has 1 aromatic carbocycles. The topological polar surface area (TPSA) is 48.8 Å². The summed E-state index contributed by atoms with van der Waals surface area (Å²) in [6.07, 6.45) is 1.73. The fourth-order valence-electron chi connectivity index (χ4n) is 2.97. The van der Waals surface area contributed by atoms with Crippen molar-refractivity contribution in [2.45, 2.75) is 19.5 Å². The molecule has 0 radical (unpaired) electrons. The highest BCUT2D eigenvalue weighted by Gasteiger charge is 2.28. The number of nitrogens with one attached hydrogen (secondary N) is 1. The van der Waals surface area contributed by atoms with Gasteiger partial charge >= 0.3 is 5.97 Å². The third-order valence-corrected chi connectivity index (χ3v) is 4.49. The molecule has 0 saturated carbocycles. The molecule has 0 bridgehead atoms. The van der Waals surface area contributed by atoms with Gasteiger partial charge in [-0.25, -0.2) is 0 Å². The number of fused-ring (bicyclic) bond motifs is 1. The highest BCUT2D eigenvalue weighted by Crippen LogP contribution is 2.16. The van der Waals surface area contributed by atoms with Crippen LogP contribution in [0.15, 0.2) is 28.7 Å². The molecule has 3 rings (SSSR count). The normalized spacial score (nSPS) is 22.3. The highest BCUT2D eigenvalue weighted by molar-refractivity contribution is 7.71. The molecular formula is C15H19N2O3S+. The number of quaternary nitrogens is 1. The van der Waals surface area contributed by atoms with Crippen LogP contribution in [0.25, 0.3) is 11.1 Å². The van der Waals surface area contributed by atoms with Gasteiger partial charge in [0.2, 0.25) is 0 Å². The molecule has 2 aromatic rings. The number of esters is 1. The summed E-state index contributed by atoms with van der Waals surface area (Å²) < 4.78 is 12.5. The highest BCUT2D eigenvalue weighted by atomic mass is 32.1. The van der Waals surface area contributed by atoms with Gasteiger partial charge in [0.1, 0.15) is 0 Å². The number of likely N-dealkylation sites (tertiary alicyclic amines) is 1. The van der Waals surface area contributed by atoms with Crippen LogP contribution in [0.4, 0.5) is 0 Å². The summed E-state index contributed by atoms with van der Waals surface area (Å²) >= 11 is 5.31. The van der Waals surface area contributed by atoms with Gasteiger partial charge in [0.25, 0.3) is 4.84 Å². The van der Waals surface area contributed by atoms with Crippen LogP contribution in [-0.2, 0) is 16.2 Å². The Labute approximate surface area is 128 Å². The van der Waals surface area contributed by atoms with Gasteiger partial charge in [-0.2, -0.15) is 0 Å². The molecule has 1 N–H and O–H groups in total. The molecule has 21 heavy (non-hydrogen) atoms. The number of rotatable bonds is 3. The van der Waals surface area contributed by atoms with Gasteiger partial charge in [0.05, 0.1) is 31.6 Å². The lowest BCUT2D eigenvalue weighted by atomic mass is 9.97. The number of ether oxygens (including phenoxy) is 1. The smallest absolute Gasteiger partial charge is 0.309 e. The Bertz CT molecular complexity index is 698. The number of oxazole rings is 1. The lowest BCUT2D eigenvalue weighted by molar-refractivity contribution is -0.928. The number of para-hydroxylation sites is 2. The van der Waals surface area contributed by atoms with Gasteiger partial charge in [-0.1, -0.05) is 12.1 Å². The molecule has 0 spiro atoms. The standard InChI is InChI=1S/C15H18N2O3S/c1-19-14(18)11-6-8-16(9-7-11)10-17-12-4-2-3-5-13(12)20-15(17)21/h2-5,11H,6-10H2,1H3/p+1. The summed E-state index contributed by atoms with van der Waals surface area (Å²) in [7, 11) is 1.46. The number of carbonyl (C=O) groups excluding carboxylic acids is 1. The molecule has 0 amide bonds. The number of aromatic nitrogens is 1. The molecule has 5 nitrogen and oxygen atoms in total. The van der Waals surface area contributed by atoms with Crippen molar-refractivity contribution in [2.75, 3.05) is 20.2 Å². The zero-order valence-electron chi connectivity index (χ0n) is 12.0. The van der Waals surface area contributed by atoms with Gasteiger partial charge in [0, 0.05) is 12.8 Å². The van der Waals surface area contributed by atoms with Crippen molar-refractivity contribution in [1.29, 1.82) is 0 Å². The Morgan fingerprint density at radius 3 is 2.86 bits per heavy atom. The van der Waals surface area contributed by atoms with Crippen LogP contribution in [0.5, 0.6) is 0 Å². The second-order valence-electron chi connectivity index (χ2n) is 5.47. The van der Waals surface area contributed by atoms with Crippen molar-refractivity contribution >= 4 is 29.3 Å². The Morgan fingerprint density at radius 2 is 2.14 bits per heavy atom. The Morgan fingerprint density at radius 1 is 1.43 bits per heavy atom. The van der Waals surface area contributed by atoms with Crippen LogP contribution in [0.3, 0.4) is 0 Å². The first kappa shape index (κ1) is 14.3. The van der Waals surface area contributed by atoms with Crippen molar-refractivity contribution in [2.24, 2.45) is 5.92 Å². The Kier molecular flexibility index (Phi) is 4.07. The van der Waals surface area contributed by atoms with Crippen LogP contribution < -0.4 is 4.90 Å². The van der Waals surface area contributed by atoms with Gasteiger partial charge < -0.3 is 14.1 Å². The summed E-state index contributed by atoms with van der Waals surface area (Å²) in [5.74, 6) is -0.0350. The van der Waals surface area contributed by atoms with Crippen molar-refractivity contribution in [1.82, 2.24) is 4.57 Å². The molecule has 112 valence electrons. The molecule has 1 fully saturated rings. The number of hydrogen-bond donors (Lipinski definition) is 1. The lowest BCUT2D eigenvalue weighted by Gasteiger charge is -2.27. The van der Waals surface area contributed by atoms with E-state index in [1.54, 1.807) is 0 Å². The van der Waals surface area contributed by atoms with Crippen LogP contribution in [-0.4, -0.2) is 30.7 Å². The molecule has 1 aliphatic heterocycles. The van der Waals surface area contributed by atoms with E-state index in [0.717, 1.165) is 43.7 Å². The maximum Gasteiger partial charge on any atom is 0.309 e. The fraction of sp³-hybridized carbons (Fsp3) is 0.467. The predicted molar refractivity (Wildman–Crippen MR) is 80.5 cm³/mol. The molecule has 0 aliphatic carbocycles. The number of piperidine rings is 1. The second kappa shape index (κ2) is 5.99. The van der Waals surface area contributed by atoms with Crippen molar-refractivity contribution in [3.05, 3.63) is 29.1 Å². The van der Waals surface area contributed by atoms with E-state index in [4.69, 9.17) is 21.4 Å². The van der Waals surface area contributed by atoms with Crippen LogP contribution in [0.2, 0.25) is 0 Å². The number of nitrogens with zero attached hydrogens (tertiary/aromatic N) is 1. The second-order valence-corrected chi connectivity index (χ2v) is 5.82. The Balaban J connectivity index is 1.71. The van der Waals surface area contributed by atoms with Crippen molar-refractivity contribution in [3.8, 4) is 0 Å². The summed E-state index contributed by atoms with van der Waals surface area (Å²) in [4.78, 5) is 13.5. The Hall–Kier alpha value is -1.66. The predicted octanol–water partition coefficient (Wildman–Crippen LogP) is 1.39. The average Bonchev–Trinajstić information content (AvgIpc) is 2.83. The SMILES string of the molecule is COC(=O)C1CC[NH+](Cn2c(=S)oc3ccccc32)CC1. The molecule has 2 heterocycles. The number of carbonyl (C=O) groups is 1. The summed E-state index contributed by atoms with van der Waals surface area (Å²) in [6, 6.07) is 7.89. The first-order valence-corrected chi connectivity index (χ1v) is 7.59. The number of benzene rings is 1. The van der Waals surface area contributed by atoms with Crippen molar-refractivity contribution < 1.29 is 18.8 Å². The van der Waals surface area contributed by atoms with Crippen LogP contribution in [0, 0.1) is 10.8 Å². The molecule has 1 aliphatic rings. The lowest BCUT2D eigenvalue weighted by Crippen LogP contribution is -3.12. The monoisotopic (exact) mass is 307 g/mol. The van der Waals surface area contributed by atoms with Gasteiger partial charge in [-0.3, -0.25) is 9.36 Å². The third kappa shape index (κ3) is 2.87. The first-order chi connectivity index (χ1) is 10.2. The summed E-state index contributed by atoms with van der Waals surface area (Å²) in [6.45, 7) is 2.67. The van der Waals surface area contributed by atoms with E-state index in [2.05, 4.69) is 0 Å². The van der Waals surface area contributed by atoms with E-state index in [1.165, 1.54) is 12.0 Å². The average molecular weight is 307 g/mol. The van der Waals surface area contributed by atoms with Crippen molar-refractivity contribution in [3.63, 3.8) is 0 Å². The van der Waals surface area contributed by atoms with E-state index in [-0.39, 0.29) is 11.9 Å². The van der Waals surface area contributed by atoms with E-state index in [0.29, 0.717) is 4.84 Å². The van der Waals surface area contributed by atoms with Gasteiger partial charge in [0.15, 0.2) is 12.3 Å². The van der Waals surface area contributed by atoms with E-state index < -0.39 is 0 Å². The zero-order chi connectivity index (χ0) is 14.8. The van der Waals surface area contributed by atoms with E-state index in [9.17, 15) is 4.79 Å². The quantitative estimate of drug-likeness (QED) is 0.688. The minimum Gasteiger partial charge on any atom is -0.469 e. The maximum atomic E-state index is 11.6. The first-order valence-electron chi connectivity index (χ1n) is 7.19. The van der Waals surface area contributed by atoms with Crippen LogP contribution >= 0.6 is 12.2 Å². The fourth-order valence-corrected chi connectivity index (χ4v) is 3.23. The zero-order valence-corrected chi connectivity index (χ0v) is 12.8. The maximum absolute atomic E-state index is 11.6. The van der Waals surface area contributed by atoms with Gasteiger partial charge in [-0.15, -0.1) is 0 Å². The number of hydrogen-bond acceptors (Lipinski definition) is 4. The third-order valence-electron chi connectivity index (χ3n) is 4.18. The molecule has 1 aromatic heterocycles. The summed E-state index contributed by atoms with van der Waals surface area (Å²) in [5.41, 5.74) is 1.86. The minimum atomic E-state index is -0.0839. The van der Waals surface area contributed by atoms with E-state index in [1.807, 2.05) is 28.8 Å². The molecule has 0 unspecified atom stereocenters. The largest absolute Gasteiger partial charge is 0.469 e. The molecule has 0 atom stereocenters. The number of methoxy groups -OCH3 is 1. The summed E-state index contributed by atoms with van der Waals surface area (Å²) in [5, 5.41) is 0. The molecular weight excluding hydrogens is 288 g/mol. The van der Waals surface area contributed by atoms with E-state index >= 15 is 0 Å². The van der Waals surface area contributed by atoms with Gasteiger partial charge in [-0.05, 0) is 24.4 Å². The minimum absolute atomic E-state index is 0.0489. The van der Waals surface area contributed by atoms with Crippen LogP contribution in [0.1, 0.15) is 12.8 Å². The molecule has 6 heteroatoms. The molecule has 1 saturated heterocycles.